The summed E-state index contributed by atoms with van der Waals surface area (Å²) in [6, 6.07) is 14.4. The third-order valence-electron chi connectivity index (χ3n) is 2.38. The molecule has 92 valence electrons. The first kappa shape index (κ1) is 13.1. The number of ether oxygens (including phenoxy) is 1. The summed E-state index contributed by atoms with van der Waals surface area (Å²) >= 11 is 9.26. The molecule has 0 amide bonds. The molecule has 0 fully saturated rings. The van der Waals surface area contributed by atoms with Gasteiger partial charge in [-0.05, 0) is 29.8 Å². The minimum absolute atomic E-state index is 0.233. The average molecular weight is 326 g/mol. The van der Waals surface area contributed by atoms with Gasteiger partial charge in [0.25, 0.3) is 0 Å². The van der Waals surface area contributed by atoms with Gasteiger partial charge in [-0.2, -0.15) is 0 Å². The Bertz CT molecular complexity index is 552. The number of hydrogen-bond donors (Lipinski definition) is 0. The molecular formula is C14H10BrClO2. The van der Waals surface area contributed by atoms with E-state index in [2.05, 4.69) is 15.9 Å². The van der Waals surface area contributed by atoms with E-state index in [-0.39, 0.29) is 6.61 Å². The van der Waals surface area contributed by atoms with Gasteiger partial charge in [0.1, 0.15) is 6.61 Å². The van der Waals surface area contributed by atoms with Gasteiger partial charge < -0.3 is 4.74 Å². The third-order valence-corrected chi connectivity index (χ3v) is 3.24. The minimum Gasteiger partial charge on any atom is -0.457 e. The Labute approximate surface area is 119 Å². The first-order valence-corrected chi connectivity index (χ1v) is 6.50. The van der Waals surface area contributed by atoms with E-state index in [4.69, 9.17) is 16.3 Å². The molecular weight excluding hydrogens is 316 g/mol. The van der Waals surface area contributed by atoms with Crippen LogP contribution in [0.25, 0.3) is 0 Å². The molecule has 0 N–H and O–H groups in total. The molecule has 2 aromatic rings. The van der Waals surface area contributed by atoms with Crippen LogP contribution in [0.15, 0.2) is 53.0 Å². The van der Waals surface area contributed by atoms with Crippen LogP contribution in [0.3, 0.4) is 0 Å². The van der Waals surface area contributed by atoms with Crippen molar-refractivity contribution in [1.29, 1.82) is 0 Å². The van der Waals surface area contributed by atoms with Crippen molar-refractivity contribution < 1.29 is 9.53 Å². The highest BCUT2D eigenvalue weighted by Gasteiger charge is 2.10. The molecule has 0 unspecified atom stereocenters. The van der Waals surface area contributed by atoms with Crippen molar-refractivity contribution >= 4 is 33.5 Å². The standard InChI is InChI=1S/C14H10BrClO2/c15-11-7-5-10(6-8-11)9-18-14(17)12-3-1-2-4-13(12)16/h1-8H,9H2. The Morgan fingerprint density at radius 2 is 1.78 bits per heavy atom. The average Bonchev–Trinajstić information content (AvgIpc) is 2.38. The van der Waals surface area contributed by atoms with Crippen LogP contribution < -0.4 is 0 Å². The van der Waals surface area contributed by atoms with Crippen LogP contribution in [-0.2, 0) is 11.3 Å². The fourth-order valence-corrected chi connectivity index (χ4v) is 1.91. The second-order valence-electron chi connectivity index (χ2n) is 3.68. The van der Waals surface area contributed by atoms with Gasteiger partial charge in [0.15, 0.2) is 0 Å². The zero-order chi connectivity index (χ0) is 13.0. The molecule has 0 aromatic heterocycles. The van der Waals surface area contributed by atoms with Crippen LogP contribution in [-0.4, -0.2) is 5.97 Å². The molecule has 0 aliphatic rings. The maximum Gasteiger partial charge on any atom is 0.339 e. The van der Waals surface area contributed by atoms with Gasteiger partial charge in [-0.1, -0.05) is 51.8 Å². The summed E-state index contributed by atoms with van der Waals surface area (Å²) in [6.07, 6.45) is 0. The number of carbonyl (C=O) groups is 1. The van der Waals surface area contributed by atoms with Gasteiger partial charge >= 0.3 is 5.97 Å². The van der Waals surface area contributed by atoms with E-state index in [0.717, 1.165) is 10.0 Å². The molecule has 0 radical (unpaired) electrons. The van der Waals surface area contributed by atoms with Crippen LogP contribution in [0.5, 0.6) is 0 Å². The zero-order valence-electron chi connectivity index (χ0n) is 9.40. The highest BCUT2D eigenvalue weighted by molar-refractivity contribution is 9.10. The molecule has 4 heteroatoms. The first-order valence-electron chi connectivity index (χ1n) is 5.33. The van der Waals surface area contributed by atoms with Crippen LogP contribution in [0.2, 0.25) is 5.02 Å². The summed E-state index contributed by atoms with van der Waals surface area (Å²) in [5.41, 5.74) is 1.31. The van der Waals surface area contributed by atoms with Crippen molar-refractivity contribution in [3.8, 4) is 0 Å². The van der Waals surface area contributed by atoms with Crippen molar-refractivity contribution in [2.45, 2.75) is 6.61 Å². The molecule has 0 aliphatic carbocycles. The summed E-state index contributed by atoms with van der Waals surface area (Å²) in [5.74, 6) is -0.413. The number of halogens is 2. The Morgan fingerprint density at radius 1 is 1.11 bits per heavy atom. The van der Waals surface area contributed by atoms with E-state index in [9.17, 15) is 4.79 Å². The molecule has 0 saturated heterocycles. The SMILES string of the molecule is O=C(OCc1ccc(Br)cc1)c1ccccc1Cl. The van der Waals surface area contributed by atoms with Gasteiger partial charge in [0.2, 0.25) is 0 Å². The lowest BCUT2D eigenvalue weighted by molar-refractivity contribution is 0.0473. The highest BCUT2D eigenvalue weighted by atomic mass is 79.9. The normalized spacial score (nSPS) is 10.1. The fraction of sp³-hybridized carbons (Fsp3) is 0.0714. The predicted molar refractivity (Wildman–Crippen MR) is 74.7 cm³/mol. The maximum atomic E-state index is 11.8. The van der Waals surface area contributed by atoms with Crippen molar-refractivity contribution in [2.75, 3.05) is 0 Å². The van der Waals surface area contributed by atoms with Gasteiger partial charge in [0, 0.05) is 4.47 Å². The quantitative estimate of drug-likeness (QED) is 0.779. The van der Waals surface area contributed by atoms with E-state index in [1.165, 1.54) is 0 Å². The third kappa shape index (κ3) is 3.34. The van der Waals surface area contributed by atoms with Gasteiger partial charge in [0.05, 0.1) is 10.6 Å². The largest absolute Gasteiger partial charge is 0.457 e. The summed E-state index contributed by atoms with van der Waals surface area (Å²) in [6.45, 7) is 0.233. The van der Waals surface area contributed by atoms with Crippen LogP contribution in [0, 0.1) is 0 Å². The molecule has 0 heterocycles. The van der Waals surface area contributed by atoms with Gasteiger partial charge in [-0.3, -0.25) is 0 Å². The Kier molecular flexibility index (Phi) is 4.39. The van der Waals surface area contributed by atoms with Crippen LogP contribution in [0.4, 0.5) is 0 Å². The Hall–Kier alpha value is -1.32. The summed E-state index contributed by atoms with van der Waals surface area (Å²) < 4.78 is 6.19. The van der Waals surface area contributed by atoms with E-state index in [0.29, 0.717) is 10.6 Å². The van der Waals surface area contributed by atoms with Gasteiger partial charge in [-0.15, -0.1) is 0 Å². The molecule has 0 bridgehead atoms. The molecule has 2 rings (SSSR count). The molecule has 0 aliphatic heterocycles. The highest BCUT2D eigenvalue weighted by Crippen LogP contribution is 2.17. The summed E-state index contributed by atoms with van der Waals surface area (Å²) in [5, 5.41) is 0.401. The fourth-order valence-electron chi connectivity index (χ4n) is 1.43. The number of hydrogen-bond acceptors (Lipinski definition) is 2. The molecule has 0 atom stereocenters. The number of rotatable bonds is 3. The monoisotopic (exact) mass is 324 g/mol. The van der Waals surface area contributed by atoms with E-state index >= 15 is 0 Å². The number of benzene rings is 2. The molecule has 2 nitrogen and oxygen atoms in total. The van der Waals surface area contributed by atoms with Crippen molar-refractivity contribution in [1.82, 2.24) is 0 Å². The van der Waals surface area contributed by atoms with Crippen molar-refractivity contribution in [3.05, 3.63) is 69.2 Å². The van der Waals surface area contributed by atoms with Gasteiger partial charge in [-0.25, -0.2) is 4.79 Å². The van der Waals surface area contributed by atoms with E-state index in [1.54, 1.807) is 24.3 Å². The number of esters is 1. The Balaban J connectivity index is 2.01. The summed E-state index contributed by atoms with van der Waals surface area (Å²) in [4.78, 5) is 11.8. The lowest BCUT2D eigenvalue weighted by atomic mass is 10.2. The minimum atomic E-state index is -0.413. The second-order valence-corrected chi connectivity index (χ2v) is 5.01. The Morgan fingerprint density at radius 3 is 2.44 bits per heavy atom. The lowest BCUT2D eigenvalue weighted by Crippen LogP contribution is -2.05. The van der Waals surface area contributed by atoms with Crippen LogP contribution >= 0.6 is 27.5 Å². The molecule has 18 heavy (non-hydrogen) atoms. The predicted octanol–water partition coefficient (Wildman–Crippen LogP) is 4.46. The van der Waals surface area contributed by atoms with Crippen molar-refractivity contribution in [3.63, 3.8) is 0 Å². The smallest absolute Gasteiger partial charge is 0.339 e. The molecule has 0 saturated carbocycles. The van der Waals surface area contributed by atoms with Crippen molar-refractivity contribution in [2.24, 2.45) is 0 Å². The zero-order valence-corrected chi connectivity index (χ0v) is 11.7. The molecule has 0 spiro atoms. The number of carbonyl (C=O) groups excluding carboxylic acids is 1. The van der Waals surface area contributed by atoms with Crippen LogP contribution in [0.1, 0.15) is 15.9 Å². The lowest BCUT2D eigenvalue weighted by Gasteiger charge is -2.06. The van der Waals surface area contributed by atoms with E-state index < -0.39 is 5.97 Å². The maximum absolute atomic E-state index is 11.8. The second kappa shape index (κ2) is 6.03. The topological polar surface area (TPSA) is 26.3 Å². The summed E-state index contributed by atoms with van der Waals surface area (Å²) in [7, 11) is 0. The first-order chi connectivity index (χ1) is 8.66. The molecule has 2 aromatic carbocycles. The van der Waals surface area contributed by atoms with E-state index in [1.807, 2.05) is 24.3 Å².